The fourth-order valence-corrected chi connectivity index (χ4v) is 3.87. The zero-order valence-corrected chi connectivity index (χ0v) is 14.0. The van der Waals surface area contributed by atoms with E-state index in [2.05, 4.69) is 32.8 Å². The second kappa shape index (κ2) is 9.80. The van der Waals surface area contributed by atoms with Crippen molar-refractivity contribution in [3.63, 3.8) is 0 Å². The number of hydrogen-bond donors (Lipinski definition) is 0. The lowest BCUT2D eigenvalue weighted by Crippen LogP contribution is -2.33. The van der Waals surface area contributed by atoms with Gasteiger partial charge in [-0.1, -0.05) is 58.8 Å². The minimum Gasteiger partial charge on any atom is -0.306 e. The quantitative estimate of drug-likeness (QED) is 0.499. The van der Waals surface area contributed by atoms with Crippen LogP contribution in [0.3, 0.4) is 0 Å². The average molecular weight is 268 g/mol. The van der Waals surface area contributed by atoms with E-state index >= 15 is 0 Å². The Kier molecular flexibility index (Phi) is 8.77. The van der Waals surface area contributed by atoms with Crippen LogP contribution in [0.25, 0.3) is 0 Å². The van der Waals surface area contributed by atoms with Gasteiger partial charge in [0.2, 0.25) is 0 Å². The number of hydrogen-bond acceptors (Lipinski definition) is 1. The van der Waals surface area contributed by atoms with Gasteiger partial charge >= 0.3 is 0 Å². The summed E-state index contributed by atoms with van der Waals surface area (Å²) in [7, 11) is 4.49. The van der Waals surface area contributed by atoms with Crippen molar-refractivity contribution < 1.29 is 0 Å². The lowest BCUT2D eigenvalue weighted by molar-refractivity contribution is 0.150. The summed E-state index contributed by atoms with van der Waals surface area (Å²) < 4.78 is 0. The first-order valence-electron chi connectivity index (χ1n) is 8.85. The molecule has 1 heteroatoms. The van der Waals surface area contributed by atoms with Crippen LogP contribution < -0.4 is 0 Å². The van der Waals surface area contributed by atoms with Gasteiger partial charge in [-0.2, -0.15) is 0 Å². The Hall–Kier alpha value is -0.0400. The van der Waals surface area contributed by atoms with Gasteiger partial charge in [0.15, 0.2) is 0 Å². The largest absolute Gasteiger partial charge is 0.306 e. The standard InChI is InChI=1S/C18H37N/c1-5-7-8-9-10-11-16(6-2)17-12-14-18(15-13-17)19(3)4/h16-18H,5-15H2,1-4H3. The van der Waals surface area contributed by atoms with E-state index in [0.29, 0.717) is 0 Å². The minimum atomic E-state index is 0.860. The minimum absolute atomic E-state index is 0.860. The monoisotopic (exact) mass is 267 g/mol. The Morgan fingerprint density at radius 3 is 2.05 bits per heavy atom. The average Bonchev–Trinajstić information content (AvgIpc) is 2.43. The maximum atomic E-state index is 2.43. The zero-order valence-electron chi connectivity index (χ0n) is 14.0. The smallest absolute Gasteiger partial charge is 0.00893 e. The Morgan fingerprint density at radius 1 is 0.895 bits per heavy atom. The summed E-state index contributed by atoms with van der Waals surface area (Å²) in [4.78, 5) is 2.43. The second-order valence-corrected chi connectivity index (χ2v) is 6.90. The van der Waals surface area contributed by atoms with E-state index < -0.39 is 0 Å². The van der Waals surface area contributed by atoms with Crippen LogP contribution in [0.5, 0.6) is 0 Å². The number of rotatable bonds is 9. The first kappa shape index (κ1) is 17.0. The summed E-state index contributed by atoms with van der Waals surface area (Å²) in [6.45, 7) is 4.72. The molecule has 1 unspecified atom stereocenters. The Balaban J connectivity index is 2.20. The van der Waals surface area contributed by atoms with Crippen molar-refractivity contribution in [2.45, 2.75) is 90.5 Å². The van der Waals surface area contributed by atoms with Gasteiger partial charge in [-0.15, -0.1) is 0 Å². The van der Waals surface area contributed by atoms with E-state index in [1.165, 1.54) is 70.6 Å². The lowest BCUT2D eigenvalue weighted by Gasteiger charge is -2.36. The number of unbranched alkanes of at least 4 members (excludes halogenated alkanes) is 4. The third kappa shape index (κ3) is 6.29. The van der Waals surface area contributed by atoms with Gasteiger partial charge in [0.1, 0.15) is 0 Å². The molecule has 1 fully saturated rings. The van der Waals surface area contributed by atoms with Crippen molar-refractivity contribution in [3.8, 4) is 0 Å². The summed E-state index contributed by atoms with van der Waals surface area (Å²) >= 11 is 0. The molecule has 1 aliphatic rings. The first-order chi connectivity index (χ1) is 9.19. The lowest BCUT2D eigenvalue weighted by atomic mass is 9.75. The van der Waals surface area contributed by atoms with Crippen LogP contribution in [-0.2, 0) is 0 Å². The Bertz CT molecular complexity index is 204. The SMILES string of the molecule is CCCCCCCC(CC)C1CCC(N(C)C)CC1. The maximum Gasteiger partial charge on any atom is 0.00893 e. The fraction of sp³-hybridized carbons (Fsp3) is 1.00. The van der Waals surface area contributed by atoms with E-state index in [1.54, 1.807) is 0 Å². The van der Waals surface area contributed by atoms with Crippen molar-refractivity contribution >= 4 is 0 Å². The van der Waals surface area contributed by atoms with Gasteiger partial charge in [-0.25, -0.2) is 0 Å². The van der Waals surface area contributed by atoms with E-state index in [1.807, 2.05) is 0 Å². The molecule has 1 atom stereocenters. The van der Waals surface area contributed by atoms with Gasteiger partial charge in [-0.05, 0) is 51.6 Å². The molecule has 1 nitrogen and oxygen atoms in total. The molecular weight excluding hydrogens is 230 g/mol. The topological polar surface area (TPSA) is 3.24 Å². The van der Waals surface area contributed by atoms with Crippen molar-refractivity contribution in [2.75, 3.05) is 14.1 Å². The van der Waals surface area contributed by atoms with Crippen LogP contribution in [-0.4, -0.2) is 25.0 Å². The van der Waals surface area contributed by atoms with Crippen LogP contribution in [0, 0.1) is 11.8 Å². The third-order valence-electron chi connectivity index (χ3n) is 5.34. The molecule has 0 amide bonds. The van der Waals surface area contributed by atoms with Gasteiger partial charge in [0, 0.05) is 6.04 Å². The highest BCUT2D eigenvalue weighted by molar-refractivity contribution is 4.80. The summed E-state index contributed by atoms with van der Waals surface area (Å²) in [6, 6.07) is 0.860. The van der Waals surface area contributed by atoms with Crippen molar-refractivity contribution in [1.82, 2.24) is 4.90 Å². The molecule has 1 rings (SSSR count). The molecule has 0 aromatic heterocycles. The molecule has 0 N–H and O–H groups in total. The highest BCUT2D eigenvalue weighted by Gasteiger charge is 2.27. The summed E-state index contributed by atoms with van der Waals surface area (Å²) in [6.07, 6.45) is 15.9. The first-order valence-corrected chi connectivity index (χ1v) is 8.85. The Morgan fingerprint density at radius 2 is 1.53 bits per heavy atom. The van der Waals surface area contributed by atoms with E-state index in [9.17, 15) is 0 Å². The van der Waals surface area contributed by atoms with E-state index in [0.717, 1.165) is 17.9 Å². The highest BCUT2D eigenvalue weighted by atomic mass is 15.1. The molecule has 19 heavy (non-hydrogen) atoms. The fourth-order valence-electron chi connectivity index (χ4n) is 3.87. The van der Waals surface area contributed by atoms with Crippen molar-refractivity contribution in [3.05, 3.63) is 0 Å². The normalized spacial score (nSPS) is 25.7. The van der Waals surface area contributed by atoms with Gasteiger partial charge < -0.3 is 4.90 Å². The predicted octanol–water partition coefficient (Wildman–Crippen LogP) is 5.49. The third-order valence-corrected chi connectivity index (χ3v) is 5.34. The van der Waals surface area contributed by atoms with Crippen LogP contribution in [0.15, 0.2) is 0 Å². The van der Waals surface area contributed by atoms with Crippen LogP contribution in [0.2, 0.25) is 0 Å². The molecule has 0 aromatic carbocycles. The summed E-state index contributed by atoms with van der Waals surface area (Å²) in [5, 5.41) is 0. The zero-order chi connectivity index (χ0) is 14.1. The predicted molar refractivity (Wildman–Crippen MR) is 86.6 cm³/mol. The van der Waals surface area contributed by atoms with Gasteiger partial charge in [0.05, 0.1) is 0 Å². The molecule has 114 valence electrons. The van der Waals surface area contributed by atoms with Gasteiger partial charge in [0.25, 0.3) is 0 Å². The Labute approximate surface area is 122 Å². The van der Waals surface area contributed by atoms with Crippen LogP contribution in [0.4, 0.5) is 0 Å². The van der Waals surface area contributed by atoms with Crippen LogP contribution in [0.1, 0.15) is 84.5 Å². The maximum absolute atomic E-state index is 2.43. The molecule has 0 aliphatic heterocycles. The molecule has 0 bridgehead atoms. The van der Waals surface area contributed by atoms with E-state index in [-0.39, 0.29) is 0 Å². The van der Waals surface area contributed by atoms with Gasteiger partial charge in [-0.3, -0.25) is 0 Å². The molecule has 0 radical (unpaired) electrons. The highest BCUT2D eigenvalue weighted by Crippen LogP contribution is 2.35. The summed E-state index contributed by atoms with van der Waals surface area (Å²) in [5.74, 6) is 2.05. The van der Waals surface area contributed by atoms with Crippen LogP contribution >= 0.6 is 0 Å². The molecule has 0 saturated heterocycles. The molecule has 0 spiro atoms. The molecule has 0 heterocycles. The summed E-state index contributed by atoms with van der Waals surface area (Å²) in [5.41, 5.74) is 0. The van der Waals surface area contributed by atoms with E-state index in [4.69, 9.17) is 0 Å². The molecule has 0 aromatic rings. The second-order valence-electron chi connectivity index (χ2n) is 6.90. The molecular formula is C18H37N. The van der Waals surface area contributed by atoms with Crippen molar-refractivity contribution in [1.29, 1.82) is 0 Å². The molecule has 1 aliphatic carbocycles. The van der Waals surface area contributed by atoms with Crippen molar-refractivity contribution in [2.24, 2.45) is 11.8 Å². The molecule has 1 saturated carbocycles. The number of nitrogens with zero attached hydrogens (tertiary/aromatic N) is 1.